The lowest BCUT2D eigenvalue weighted by molar-refractivity contribution is 0.166. The standard InChI is InChI=1S/C10H25NO2Si/c1-6-9-10-14(12-4,13-5)11(7-2)8-3/h6-10H2,1-5H3. The first-order chi connectivity index (χ1) is 6.70. The molecule has 14 heavy (non-hydrogen) atoms. The molecule has 0 saturated carbocycles. The SMILES string of the molecule is CCCC[Si](OC)(OC)N(CC)CC. The van der Waals surface area contributed by atoms with Crippen molar-refractivity contribution in [2.45, 2.75) is 39.7 Å². The number of hydrogen-bond donors (Lipinski definition) is 0. The molecule has 0 fully saturated rings. The highest BCUT2D eigenvalue weighted by Crippen LogP contribution is 2.20. The summed E-state index contributed by atoms with van der Waals surface area (Å²) in [5.74, 6) is 0. The molecule has 0 atom stereocenters. The summed E-state index contributed by atoms with van der Waals surface area (Å²) in [6.45, 7) is 8.54. The quantitative estimate of drug-likeness (QED) is 0.585. The second kappa shape index (κ2) is 7.40. The third-order valence-corrected chi connectivity index (χ3v) is 6.59. The lowest BCUT2D eigenvalue weighted by Gasteiger charge is -2.36. The molecule has 0 N–H and O–H groups in total. The first-order valence-electron chi connectivity index (χ1n) is 5.56. The van der Waals surface area contributed by atoms with Gasteiger partial charge in [-0.15, -0.1) is 0 Å². The van der Waals surface area contributed by atoms with Gasteiger partial charge in [0.1, 0.15) is 0 Å². The molecule has 0 amide bonds. The molecule has 0 bridgehead atoms. The molecule has 0 rings (SSSR count). The van der Waals surface area contributed by atoms with Gasteiger partial charge < -0.3 is 8.85 Å². The molecular weight excluding hydrogens is 194 g/mol. The van der Waals surface area contributed by atoms with Gasteiger partial charge in [-0.05, 0) is 13.1 Å². The molecule has 0 aliphatic rings. The van der Waals surface area contributed by atoms with Crippen molar-refractivity contribution in [2.75, 3.05) is 27.3 Å². The summed E-state index contributed by atoms with van der Waals surface area (Å²) in [4.78, 5) is 0. The largest absolute Gasteiger partial charge is 0.427 e. The molecule has 0 aromatic heterocycles. The zero-order valence-corrected chi connectivity index (χ0v) is 11.3. The minimum absolute atomic E-state index is 1.01. The van der Waals surface area contributed by atoms with Gasteiger partial charge in [0.2, 0.25) is 0 Å². The Balaban J connectivity index is 4.47. The minimum atomic E-state index is -2.06. The van der Waals surface area contributed by atoms with E-state index in [-0.39, 0.29) is 0 Å². The molecule has 3 nitrogen and oxygen atoms in total. The van der Waals surface area contributed by atoms with E-state index in [1.165, 1.54) is 12.8 Å². The van der Waals surface area contributed by atoms with Crippen LogP contribution >= 0.6 is 0 Å². The van der Waals surface area contributed by atoms with Crippen LogP contribution in [-0.4, -0.2) is 40.6 Å². The van der Waals surface area contributed by atoms with Crippen LogP contribution in [0.5, 0.6) is 0 Å². The minimum Gasteiger partial charge on any atom is -0.386 e. The van der Waals surface area contributed by atoms with E-state index < -0.39 is 8.72 Å². The summed E-state index contributed by atoms with van der Waals surface area (Å²) in [6, 6.07) is 1.07. The Kier molecular flexibility index (Phi) is 7.45. The monoisotopic (exact) mass is 219 g/mol. The van der Waals surface area contributed by atoms with E-state index in [1.807, 2.05) is 0 Å². The topological polar surface area (TPSA) is 21.7 Å². The van der Waals surface area contributed by atoms with Crippen molar-refractivity contribution in [1.29, 1.82) is 0 Å². The van der Waals surface area contributed by atoms with Crippen molar-refractivity contribution in [2.24, 2.45) is 0 Å². The molecule has 0 radical (unpaired) electrons. The summed E-state index contributed by atoms with van der Waals surface area (Å²) in [6.07, 6.45) is 2.38. The maximum absolute atomic E-state index is 5.68. The van der Waals surface area contributed by atoms with Gasteiger partial charge in [0.25, 0.3) is 0 Å². The van der Waals surface area contributed by atoms with Crippen molar-refractivity contribution in [3.63, 3.8) is 0 Å². The van der Waals surface area contributed by atoms with Crippen molar-refractivity contribution in [3.8, 4) is 0 Å². The van der Waals surface area contributed by atoms with Crippen LogP contribution in [-0.2, 0) is 8.85 Å². The summed E-state index contributed by atoms with van der Waals surface area (Å²) in [7, 11) is 1.50. The molecule has 86 valence electrons. The van der Waals surface area contributed by atoms with Gasteiger partial charge in [0, 0.05) is 20.3 Å². The summed E-state index contributed by atoms with van der Waals surface area (Å²) < 4.78 is 13.7. The molecule has 0 saturated heterocycles. The van der Waals surface area contributed by atoms with Gasteiger partial charge in [-0.1, -0.05) is 33.6 Å². The lowest BCUT2D eigenvalue weighted by atomic mass is 10.4. The molecule has 0 aliphatic carbocycles. The summed E-state index contributed by atoms with van der Waals surface area (Å²) in [5, 5.41) is 0. The third kappa shape index (κ3) is 3.35. The van der Waals surface area contributed by atoms with Crippen LogP contribution in [0, 0.1) is 0 Å². The van der Waals surface area contributed by atoms with E-state index in [9.17, 15) is 0 Å². The van der Waals surface area contributed by atoms with Gasteiger partial charge >= 0.3 is 8.72 Å². The predicted molar refractivity (Wildman–Crippen MR) is 62.4 cm³/mol. The number of unbranched alkanes of at least 4 members (excludes halogenated alkanes) is 1. The highest BCUT2D eigenvalue weighted by Gasteiger charge is 2.41. The normalized spacial score (nSPS) is 12.4. The van der Waals surface area contributed by atoms with Gasteiger partial charge in [-0.3, -0.25) is 4.57 Å². The fraction of sp³-hybridized carbons (Fsp3) is 1.00. The Morgan fingerprint density at radius 3 is 1.79 bits per heavy atom. The Labute approximate surface area is 89.7 Å². The fourth-order valence-corrected chi connectivity index (χ4v) is 4.98. The molecule has 0 spiro atoms. The highest BCUT2D eigenvalue weighted by molar-refractivity contribution is 6.64. The van der Waals surface area contributed by atoms with E-state index in [1.54, 1.807) is 14.2 Å². The Hall–Kier alpha value is 0.0969. The second-order valence-corrected chi connectivity index (χ2v) is 6.77. The van der Waals surface area contributed by atoms with Crippen LogP contribution in [0.3, 0.4) is 0 Å². The molecule has 0 heterocycles. The second-order valence-electron chi connectivity index (χ2n) is 3.40. The van der Waals surface area contributed by atoms with Gasteiger partial charge in [-0.25, -0.2) is 0 Å². The van der Waals surface area contributed by atoms with Crippen LogP contribution in [0.2, 0.25) is 6.04 Å². The van der Waals surface area contributed by atoms with E-state index in [0.717, 1.165) is 19.1 Å². The van der Waals surface area contributed by atoms with Crippen LogP contribution in [0.4, 0.5) is 0 Å². The van der Waals surface area contributed by atoms with Gasteiger partial charge in [0.05, 0.1) is 0 Å². The van der Waals surface area contributed by atoms with Crippen molar-refractivity contribution < 1.29 is 8.85 Å². The molecule has 0 aromatic carbocycles. The van der Waals surface area contributed by atoms with E-state index >= 15 is 0 Å². The Morgan fingerprint density at radius 2 is 1.50 bits per heavy atom. The van der Waals surface area contributed by atoms with E-state index in [2.05, 4.69) is 25.3 Å². The maximum Gasteiger partial charge on any atom is 0.427 e. The van der Waals surface area contributed by atoms with Crippen LogP contribution in [0.1, 0.15) is 33.6 Å². The van der Waals surface area contributed by atoms with E-state index in [0.29, 0.717) is 0 Å². The predicted octanol–water partition coefficient (Wildman–Crippen LogP) is 2.36. The van der Waals surface area contributed by atoms with Crippen LogP contribution in [0.25, 0.3) is 0 Å². The average molecular weight is 219 g/mol. The Bertz CT molecular complexity index is 136. The average Bonchev–Trinajstić information content (AvgIpc) is 2.24. The van der Waals surface area contributed by atoms with Crippen molar-refractivity contribution in [1.82, 2.24) is 4.57 Å². The number of nitrogens with zero attached hydrogens (tertiary/aromatic N) is 1. The summed E-state index contributed by atoms with van der Waals surface area (Å²) in [5.41, 5.74) is 0. The van der Waals surface area contributed by atoms with Crippen molar-refractivity contribution in [3.05, 3.63) is 0 Å². The third-order valence-electron chi connectivity index (χ3n) is 2.73. The first kappa shape index (κ1) is 14.1. The fourth-order valence-electron chi connectivity index (χ4n) is 1.81. The van der Waals surface area contributed by atoms with Crippen LogP contribution < -0.4 is 0 Å². The first-order valence-corrected chi connectivity index (χ1v) is 7.53. The summed E-state index contributed by atoms with van der Waals surface area (Å²) >= 11 is 0. The molecule has 4 heteroatoms. The molecular formula is C10H25NO2Si. The molecule has 0 aromatic rings. The Morgan fingerprint density at radius 1 is 1.00 bits per heavy atom. The van der Waals surface area contributed by atoms with Gasteiger partial charge in [-0.2, -0.15) is 0 Å². The zero-order chi connectivity index (χ0) is 11.0. The lowest BCUT2D eigenvalue weighted by Crippen LogP contribution is -2.57. The highest BCUT2D eigenvalue weighted by atomic mass is 28.4. The smallest absolute Gasteiger partial charge is 0.386 e. The number of hydrogen-bond acceptors (Lipinski definition) is 3. The van der Waals surface area contributed by atoms with E-state index in [4.69, 9.17) is 8.85 Å². The molecule has 0 unspecified atom stereocenters. The molecule has 0 aliphatic heterocycles. The van der Waals surface area contributed by atoms with Gasteiger partial charge in [0.15, 0.2) is 0 Å². The van der Waals surface area contributed by atoms with Crippen LogP contribution in [0.15, 0.2) is 0 Å². The number of rotatable bonds is 8. The van der Waals surface area contributed by atoms with Crippen molar-refractivity contribution >= 4 is 8.72 Å². The zero-order valence-electron chi connectivity index (χ0n) is 10.3. The maximum atomic E-state index is 5.68.